The van der Waals surface area contributed by atoms with Gasteiger partial charge in [0.15, 0.2) is 5.96 Å². The van der Waals surface area contributed by atoms with E-state index in [0.29, 0.717) is 0 Å². The van der Waals surface area contributed by atoms with Crippen LogP contribution in [0.3, 0.4) is 0 Å². The van der Waals surface area contributed by atoms with Gasteiger partial charge < -0.3 is 19.7 Å². The summed E-state index contributed by atoms with van der Waals surface area (Å²) in [7, 11) is 4.20. The second-order valence-corrected chi connectivity index (χ2v) is 6.46. The van der Waals surface area contributed by atoms with E-state index in [0.717, 1.165) is 25.6 Å². The fourth-order valence-corrected chi connectivity index (χ4v) is 3.09. The molecule has 0 aliphatic carbocycles. The highest BCUT2D eigenvalue weighted by Crippen LogP contribution is 2.08. The first-order valence-corrected chi connectivity index (χ1v) is 9.02. The van der Waals surface area contributed by atoms with E-state index in [2.05, 4.69) is 59.0 Å². The molecule has 2 heterocycles. The molecule has 2 rings (SSSR count). The van der Waals surface area contributed by atoms with Crippen molar-refractivity contribution in [1.82, 2.24) is 19.7 Å². The van der Waals surface area contributed by atoms with E-state index in [-0.39, 0.29) is 24.0 Å². The molecule has 24 heavy (non-hydrogen) atoms. The van der Waals surface area contributed by atoms with Gasteiger partial charge >= 0.3 is 0 Å². The van der Waals surface area contributed by atoms with Crippen LogP contribution in [0.5, 0.6) is 0 Å². The number of nitrogens with one attached hydrogen (secondary N) is 1. The molecule has 5 nitrogen and oxygen atoms in total. The van der Waals surface area contributed by atoms with Crippen LogP contribution in [-0.2, 0) is 13.6 Å². The van der Waals surface area contributed by atoms with E-state index < -0.39 is 0 Å². The van der Waals surface area contributed by atoms with Crippen LogP contribution in [0.15, 0.2) is 23.3 Å². The van der Waals surface area contributed by atoms with Crippen LogP contribution in [0.25, 0.3) is 0 Å². The maximum absolute atomic E-state index is 4.79. The van der Waals surface area contributed by atoms with Crippen molar-refractivity contribution >= 4 is 29.9 Å². The molecule has 0 bridgehead atoms. The molecule has 1 aliphatic heterocycles. The van der Waals surface area contributed by atoms with Crippen molar-refractivity contribution in [1.29, 1.82) is 0 Å². The zero-order valence-corrected chi connectivity index (χ0v) is 17.8. The van der Waals surface area contributed by atoms with Crippen molar-refractivity contribution in [3.63, 3.8) is 0 Å². The monoisotopic (exact) mass is 447 g/mol. The van der Waals surface area contributed by atoms with E-state index in [1.54, 1.807) is 0 Å². The maximum Gasteiger partial charge on any atom is 0.194 e. The average molecular weight is 447 g/mol. The van der Waals surface area contributed by atoms with E-state index in [1.807, 2.05) is 0 Å². The Morgan fingerprint density at radius 2 is 2.04 bits per heavy atom. The quantitative estimate of drug-likeness (QED) is 0.288. The van der Waals surface area contributed by atoms with Gasteiger partial charge in [0.25, 0.3) is 0 Å². The number of likely N-dealkylation sites (tertiary alicyclic amines) is 1. The molecule has 0 radical (unpaired) electrons. The van der Waals surface area contributed by atoms with Crippen LogP contribution in [-0.4, -0.2) is 60.1 Å². The topological polar surface area (TPSA) is 35.8 Å². The number of unbranched alkanes of at least 4 members (excludes halogenated alkanes) is 1. The Labute approximate surface area is 164 Å². The van der Waals surface area contributed by atoms with Crippen LogP contribution >= 0.6 is 24.0 Å². The molecule has 0 atom stereocenters. The number of halogens is 1. The minimum Gasteiger partial charge on any atom is -0.357 e. The van der Waals surface area contributed by atoms with Crippen molar-refractivity contribution in [2.24, 2.45) is 12.0 Å². The molecule has 0 saturated carbocycles. The average Bonchev–Trinajstić information content (AvgIpc) is 3.18. The minimum atomic E-state index is 0. The van der Waals surface area contributed by atoms with Gasteiger partial charge in [-0.2, -0.15) is 0 Å². The smallest absolute Gasteiger partial charge is 0.194 e. The lowest BCUT2D eigenvalue weighted by molar-refractivity contribution is 0.331. The number of aliphatic imine (C=N–C) groups is 1. The van der Waals surface area contributed by atoms with Gasteiger partial charge in [-0.15, -0.1) is 24.0 Å². The summed E-state index contributed by atoms with van der Waals surface area (Å²) in [5, 5.41) is 3.40. The van der Waals surface area contributed by atoms with E-state index in [9.17, 15) is 0 Å². The van der Waals surface area contributed by atoms with E-state index in [4.69, 9.17) is 4.99 Å². The van der Waals surface area contributed by atoms with Gasteiger partial charge in [0.1, 0.15) is 0 Å². The molecular weight excluding hydrogens is 413 g/mol. The third-order valence-electron chi connectivity index (χ3n) is 4.49. The Morgan fingerprint density at radius 1 is 1.29 bits per heavy atom. The third-order valence-corrected chi connectivity index (χ3v) is 4.49. The van der Waals surface area contributed by atoms with Crippen molar-refractivity contribution in [3.05, 3.63) is 24.0 Å². The summed E-state index contributed by atoms with van der Waals surface area (Å²) in [6.45, 7) is 8.65. The lowest BCUT2D eigenvalue weighted by Crippen LogP contribution is -2.38. The molecular formula is C18H34IN5. The Hall–Kier alpha value is -0.760. The zero-order valence-electron chi connectivity index (χ0n) is 15.5. The van der Waals surface area contributed by atoms with Crippen LogP contribution in [0.2, 0.25) is 0 Å². The Morgan fingerprint density at radius 3 is 2.67 bits per heavy atom. The van der Waals surface area contributed by atoms with E-state index >= 15 is 0 Å². The Balaban J connectivity index is 0.00000288. The molecule has 138 valence electrons. The van der Waals surface area contributed by atoms with Crippen molar-refractivity contribution in [3.8, 4) is 0 Å². The van der Waals surface area contributed by atoms with Gasteiger partial charge in [-0.1, -0.05) is 0 Å². The molecule has 1 aromatic heterocycles. The summed E-state index contributed by atoms with van der Waals surface area (Å²) in [6.07, 6.45) is 7.28. The number of rotatable bonds is 8. The summed E-state index contributed by atoms with van der Waals surface area (Å²) in [5.41, 5.74) is 1.30. The lowest BCUT2D eigenvalue weighted by atomic mass is 10.3. The predicted octanol–water partition coefficient (Wildman–Crippen LogP) is 2.92. The fourth-order valence-electron chi connectivity index (χ4n) is 3.09. The zero-order chi connectivity index (χ0) is 16.5. The minimum absolute atomic E-state index is 0. The second-order valence-electron chi connectivity index (χ2n) is 6.46. The third kappa shape index (κ3) is 7.01. The number of nitrogens with zero attached hydrogens (tertiary/aromatic N) is 4. The molecule has 1 saturated heterocycles. The summed E-state index contributed by atoms with van der Waals surface area (Å²) in [4.78, 5) is 9.58. The Bertz CT molecular complexity index is 480. The van der Waals surface area contributed by atoms with Crippen molar-refractivity contribution in [2.45, 2.75) is 39.2 Å². The van der Waals surface area contributed by atoms with Crippen molar-refractivity contribution < 1.29 is 0 Å². The standard InChI is InChI=1S/C18H33N5.HI/c1-4-19-18(22(3)16-17-10-9-12-21(17)2)20-11-5-6-13-23-14-7-8-15-23;/h9-10,12H,4-8,11,13-16H2,1-3H3,(H,19,20);1H. The van der Waals surface area contributed by atoms with Gasteiger partial charge in [-0.05, 0) is 64.4 Å². The molecule has 1 aromatic rings. The van der Waals surface area contributed by atoms with Gasteiger partial charge in [-0.25, -0.2) is 0 Å². The maximum atomic E-state index is 4.79. The molecule has 1 fully saturated rings. The molecule has 0 amide bonds. The lowest BCUT2D eigenvalue weighted by Gasteiger charge is -2.22. The van der Waals surface area contributed by atoms with E-state index in [1.165, 1.54) is 51.0 Å². The molecule has 1 aliphatic rings. The summed E-state index contributed by atoms with van der Waals surface area (Å²) >= 11 is 0. The van der Waals surface area contributed by atoms with Crippen LogP contribution < -0.4 is 5.32 Å². The molecule has 6 heteroatoms. The number of aromatic nitrogens is 1. The SMILES string of the molecule is CCNC(=NCCCCN1CCCC1)N(C)Cc1cccn1C.I. The first-order valence-electron chi connectivity index (χ1n) is 9.02. The van der Waals surface area contributed by atoms with Crippen LogP contribution in [0.4, 0.5) is 0 Å². The molecule has 1 N–H and O–H groups in total. The normalized spacial score (nSPS) is 15.4. The fraction of sp³-hybridized carbons (Fsp3) is 0.722. The van der Waals surface area contributed by atoms with Crippen LogP contribution in [0.1, 0.15) is 38.3 Å². The summed E-state index contributed by atoms with van der Waals surface area (Å²) < 4.78 is 2.16. The number of hydrogen-bond donors (Lipinski definition) is 1. The highest BCUT2D eigenvalue weighted by atomic mass is 127. The van der Waals surface area contributed by atoms with Gasteiger partial charge in [0.05, 0.1) is 6.54 Å². The first-order chi connectivity index (χ1) is 11.2. The molecule has 0 aromatic carbocycles. The van der Waals surface area contributed by atoms with Gasteiger partial charge in [0, 0.05) is 39.1 Å². The van der Waals surface area contributed by atoms with Crippen LogP contribution in [0, 0.1) is 0 Å². The summed E-state index contributed by atoms with van der Waals surface area (Å²) in [6, 6.07) is 4.25. The molecule has 0 unspecified atom stereocenters. The first kappa shape index (κ1) is 21.3. The largest absolute Gasteiger partial charge is 0.357 e. The number of guanidine groups is 1. The summed E-state index contributed by atoms with van der Waals surface area (Å²) in [5.74, 6) is 1.01. The molecule has 0 spiro atoms. The van der Waals surface area contributed by atoms with Gasteiger partial charge in [0.2, 0.25) is 0 Å². The number of aryl methyl sites for hydroxylation is 1. The Kier molecular flexibility index (Phi) is 10.4. The van der Waals surface area contributed by atoms with Gasteiger partial charge in [-0.3, -0.25) is 4.99 Å². The van der Waals surface area contributed by atoms with Crippen molar-refractivity contribution in [2.75, 3.05) is 39.8 Å². The second kappa shape index (κ2) is 11.7. The highest BCUT2D eigenvalue weighted by molar-refractivity contribution is 14.0. The predicted molar refractivity (Wildman–Crippen MR) is 113 cm³/mol. The number of hydrogen-bond acceptors (Lipinski definition) is 2. The highest BCUT2D eigenvalue weighted by Gasteiger charge is 2.10.